The summed E-state index contributed by atoms with van der Waals surface area (Å²) >= 11 is 6.85. The van der Waals surface area contributed by atoms with Crippen LogP contribution in [0.15, 0.2) is 60.2 Å². The second-order valence-electron chi connectivity index (χ2n) is 21.2. The Hall–Kier alpha value is -7.06. The molecule has 2 saturated heterocycles. The second kappa shape index (κ2) is 28.3. The van der Waals surface area contributed by atoms with Crippen molar-refractivity contribution in [3.8, 4) is 5.75 Å². The summed E-state index contributed by atoms with van der Waals surface area (Å²) in [4.78, 5) is 123. The van der Waals surface area contributed by atoms with Crippen LogP contribution in [0.25, 0.3) is 0 Å². The summed E-state index contributed by atoms with van der Waals surface area (Å²) in [7, 11) is 8.63. The summed E-state index contributed by atoms with van der Waals surface area (Å²) in [5, 5.41) is 17.1. The van der Waals surface area contributed by atoms with E-state index in [4.69, 9.17) is 49.5 Å². The fraction of sp³-hybridized carbons (Fsp3) is 0.589. The van der Waals surface area contributed by atoms with E-state index in [-0.39, 0.29) is 80.7 Å². The van der Waals surface area contributed by atoms with E-state index >= 15 is 0 Å². The molecule has 1 aromatic carbocycles. The Morgan fingerprint density at radius 3 is 2.37 bits per heavy atom. The lowest BCUT2D eigenvalue weighted by Crippen LogP contribution is -2.63. The van der Waals surface area contributed by atoms with Crippen LogP contribution in [0.4, 0.5) is 20.1 Å². The first-order valence-electron chi connectivity index (χ1n) is 27.0. The van der Waals surface area contributed by atoms with Gasteiger partial charge in [-0.15, -0.1) is 0 Å². The summed E-state index contributed by atoms with van der Waals surface area (Å²) in [6, 6.07) is 2.16. The molecule has 5 aliphatic rings. The number of hydrogen-bond donors (Lipinski definition) is 3. The third-order valence-electron chi connectivity index (χ3n) is 15.2. The maximum absolute atomic E-state index is 14.9. The first kappa shape index (κ1) is 64.1. The van der Waals surface area contributed by atoms with E-state index in [9.17, 15) is 48.3 Å². The molecule has 1 aromatic rings. The van der Waals surface area contributed by atoms with Crippen LogP contribution >= 0.6 is 11.6 Å². The number of carbonyl (C=O) groups is 9. The lowest BCUT2D eigenvalue weighted by molar-refractivity contribution is -0.165. The average molecular weight is 1170 g/mol. The van der Waals surface area contributed by atoms with Gasteiger partial charge in [0.1, 0.15) is 53.9 Å². The molecule has 82 heavy (non-hydrogen) atoms. The number of benzene rings is 1. The molecule has 1 aliphatic carbocycles. The van der Waals surface area contributed by atoms with Crippen molar-refractivity contribution in [2.45, 2.75) is 127 Å². The molecule has 4 aliphatic heterocycles. The number of ether oxygens (including phenoxy) is 8. The Bertz CT molecular complexity index is 2680. The summed E-state index contributed by atoms with van der Waals surface area (Å²) in [5.41, 5.74) is -1.64. The van der Waals surface area contributed by atoms with E-state index in [2.05, 4.69) is 10.6 Å². The lowest BCUT2D eigenvalue weighted by atomic mass is 9.84. The third kappa shape index (κ3) is 16.1. The predicted octanol–water partition coefficient (Wildman–Crippen LogP) is 3.58. The van der Waals surface area contributed by atoms with Gasteiger partial charge in [0, 0.05) is 86.0 Å². The molecule has 0 saturated carbocycles. The molecular formula is C56H76ClN7O18. The Morgan fingerprint density at radius 2 is 1.68 bits per heavy atom. The largest absolute Gasteiger partial charge is 0.495 e. The topological polar surface area (TPSA) is 291 Å². The number of likely N-dealkylation sites (N-methyl/N-ethyl adjacent to an activating group) is 4. The van der Waals surface area contributed by atoms with Gasteiger partial charge in [0.25, 0.3) is 17.7 Å². The highest BCUT2D eigenvalue weighted by molar-refractivity contribution is 6.35. The van der Waals surface area contributed by atoms with Crippen LogP contribution in [0.2, 0.25) is 5.02 Å². The number of aliphatic hydroxyl groups is 1. The molecule has 0 spiro atoms. The zero-order valence-corrected chi connectivity index (χ0v) is 48.8. The van der Waals surface area contributed by atoms with E-state index in [0.29, 0.717) is 37.7 Å². The van der Waals surface area contributed by atoms with Gasteiger partial charge in [-0.2, -0.15) is 0 Å². The minimum atomic E-state index is -1.91. The minimum Gasteiger partial charge on any atom is -0.495 e. The maximum Gasteiger partial charge on any atom is 0.410 e. The highest BCUT2D eigenvalue weighted by Crippen LogP contribution is 2.49. The molecule has 10 atom stereocenters. The second-order valence-corrected chi connectivity index (χ2v) is 21.6. The number of esters is 1. The van der Waals surface area contributed by atoms with Crippen molar-refractivity contribution in [1.82, 2.24) is 30.2 Å². The van der Waals surface area contributed by atoms with E-state index < -0.39 is 102 Å². The number of rotatable bonds is 18. The van der Waals surface area contributed by atoms with Crippen LogP contribution < -0.4 is 20.3 Å². The number of epoxide rings is 1. The number of nitrogens with one attached hydrogen (secondary N) is 2. The van der Waals surface area contributed by atoms with E-state index in [1.54, 1.807) is 44.2 Å². The number of halogens is 1. The van der Waals surface area contributed by atoms with Crippen LogP contribution in [0.1, 0.15) is 71.8 Å². The summed E-state index contributed by atoms with van der Waals surface area (Å²) in [6.07, 6.45) is 5.60. The molecule has 8 amide bonds. The predicted molar refractivity (Wildman–Crippen MR) is 294 cm³/mol. The van der Waals surface area contributed by atoms with Crippen molar-refractivity contribution in [2.24, 2.45) is 5.92 Å². The molecule has 4 heterocycles. The van der Waals surface area contributed by atoms with E-state index in [1.807, 2.05) is 19.1 Å². The van der Waals surface area contributed by atoms with E-state index in [0.717, 1.165) is 15.4 Å². The lowest BCUT2D eigenvalue weighted by Gasteiger charge is -2.42. The van der Waals surface area contributed by atoms with Crippen molar-refractivity contribution in [3.05, 3.63) is 70.8 Å². The van der Waals surface area contributed by atoms with Gasteiger partial charge < -0.3 is 67.9 Å². The number of nitrogens with zero attached hydrogens (tertiary/aromatic N) is 5. The minimum absolute atomic E-state index is 0.0522. The zero-order valence-electron chi connectivity index (χ0n) is 48.0. The highest BCUT2D eigenvalue weighted by atomic mass is 35.5. The Kier molecular flexibility index (Phi) is 22.1. The molecule has 6 rings (SSSR count). The zero-order chi connectivity index (χ0) is 60.2. The molecule has 0 aromatic heterocycles. The molecule has 3 N–H and O–H groups in total. The first-order chi connectivity index (χ1) is 38.8. The van der Waals surface area contributed by atoms with Gasteiger partial charge in [0.15, 0.2) is 5.72 Å². The molecule has 26 heteroatoms. The highest BCUT2D eigenvalue weighted by Gasteiger charge is 2.66. The third-order valence-corrected chi connectivity index (χ3v) is 15.5. The van der Waals surface area contributed by atoms with Crippen molar-refractivity contribution in [1.29, 1.82) is 0 Å². The number of amides is 8. The van der Waals surface area contributed by atoms with Crippen molar-refractivity contribution >= 4 is 71.1 Å². The number of methoxy groups -OCH3 is 2. The van der Waals surface area contributed by atoms with Crippen molar-refractivity contribution in [2.75, 3.05) is 86.7 Å². The molecule has 0 radical (unpaired) electrons. The van der Waals surface area contributed by atoms with Crippen LogP contribution in [0, 0.1) is 5.92 Å². The standard InChI is InChI=1S/C56H76ClN7O18/c1-33-14-11-19-42(76-10)56(74)31-41(80-52(71)59-56)34(2)48-55(4,82-48)49(50(69)63(8)39-29-36(28-33)30-40(75-9)47(39)57)81-51(70)35(3)62(7)44(66)22-27-77-53(72)60(5)25-26-61(6)54(73)79-38-17-12-15-37(16-13-18-38)78-32-43(65)58-23-24-64-45(67)20-21-46(64)68/h11-12,14,17,19-21,29-30,34-35,37-38,41-42,48-49,74H,13,15-16,18,22-28,31-32H2,1-10H3,(H,58,65)(H,59,71)/b17-12+,19-11+,33-14+/t34-,35+,37?,38?,41+,42-,48?,49+,55-,56+/m1/s1. The smallest absolute Gasteiger partial charge is 0.410 e. The number of anilines is 1. The number of hydrogen-bond acceptors (Lipinski definition) is 18. The van der Waals surface area contributed by atoms with Gasteiger partial charge in [0.2, 0.25) is 17.9 Å². The fourth-order valence-corrected chi connectivity index (χ4v) is 10.2. The quantitative estimate of drug-likeness (QED) is 0.0622. The van der Waals surface area contributed by atoms with Gasteiger partial charge in [-0.3, -0.25) is 34.2 Å². The first-order valence-corrected chi connectivity index (χ1v) is 27.4. The number of imide groups is 1. The molecular weight excluding hydrogens is 1090 g/mol. The summed E-state index contributed by atoms with van der Waals surface area (Å²) in [5.74, 6) is -3.97. The molecule has 2 fully saturated rings. The Balaban J connectivity index is 0.995. The van der Waals surface area contributed by atoms with Gasteiger partial charge in [-0.05, 0) is 76.6 Å². The van der Waals surface area contributed by atoms with Crippen LogP contribution in [-0.2, 0) is 68.3 Å². The molecule has 4 bridgehead atoms. The fourth-order valence-electron chi connectivity index (χ4n) is 9.87. The van der Waals surface area contributed by atoms with Crippen molar-refractivity contribution < 1.29 is 86.2 Å². The summed E-state index contributed by atoms with van der Waals surface area (Å²) < 4.78 is 46.1. The Labute approximate surface area is 481 Å². The van der Waals surface area contributed by atoms with Crippen LogP contribution in [0.5, 0.6) is 5.75 Å². The Morgan fingerprint density at radius 1 is 0.988 bits per heavy atom. The number of alkyl carbamates (subject to hydrolysis) is 1. The van der Waals surface area contributed by atoms with Crippen LogP contribution in [0.3, 0.4) is 0 Å². The number of allylic oxidation sites excluding steroid dienone is 3. The maximum atomic E-state index is 14.9. The van der Waals surface area contributed by atoms with Gasteiger partial charge in [-0.1, -0.05) is 48.4 Å². The molecule has 450 valence electrons. The number of carbonyl (C=O) groups excluding carboxylic acids is 9. The van der Waals surface area contributed by atoms with Gasteiger partial charge in [-0.25, -0.2) is 19.2 Å². The number of fused-ring (bicyclic) bond motifs is 5. The van der Waals surface area contributed by atoms with Gasteiger partial charge >= 0.3 is 24.2 Å². The summed E-state index contributed by atoms with van der Waals surface area (Å²) in [6.45, 7) is 6.29. The monoisotopic (exact) mass is 1170 g/mol. The molecule has 3 unspecified atom stereocenters. The van der Waals surface area contributed by atoms with Crippen molar-refractivity contribution in [3.63, 3.8) is 0 Å². The average Bonchev–Trinajstić information content (AvgIpc) is 4.07. The molecule has 25 nitrogen and oxygen atoms in total. The normalized spacial score (nSPS) is 28.1. The van der Waals surface area contributed by atoms with Crippen LogP contribution in [-0.4, -0.2) is 214 Å². The SMILES string of the molecule is COc1cc2cc(c1Cl)N(C)C(=O)[C@H](OC(=O)[C@H](C)N(C)C(=O)CCOC(=O)N(C)CCN(C)C(=O)OC1/C=C/CC(OCC(=O)NCCN3C(=O)C=CC3=O)CCC1)[C@]1(C)OC1[C@H](C)[C@@H]1C[C@@](O)(NC(=O)O1)[C@H](OC)/C=C/C=C(\C)C2. The van der Waals surface area contributed by atoms with E-state index in [1.165, 1.54) is 76.2 Å². The van der Waals surface area contributed by atoms with Gasteiger partial charge in [0.05, 0.1) is 31.4 Å².